The van der Waals surface area contributed by atoms with Crippen LogP contribution in [0.4, 0.5) is 0 Å². The maximum atomic E-state index is 8.96. The molecule has 2 aromatic rings. The van der Waals surface area contributed by atoms with E-state index in [4.69, 9.17) is 16.9 Å². The van der Waals surface area contributed by atoms with Gasteiger partial charge in [0.1, 0.15) is 6.07 Å². The molecule has 1 heterocycles. The zero-order valence-electron chi connectivity index (χ0n) is 9.39. The Kier molecular flexibility index (Phi) is 3.40. The predicted octanol–water partition coefficient (Wildman–Crippen LogP) is 2.74. The zero-order chi connectivity index (χ0) is 12.3. The second-order valence-electron chi connectivity index (χ2n) is 3.63. The van der Waals surface area contributed by atoms with E-state index >= 15 is 0 Å². The number of hydrogen-bond donors (Lipinski definition) is 0. The van der Waals surface area contributed by atoms with Crippen LogP contribution in [0, 0.1) is 11.3 Å². The molecule has 0 radical (unpaired) electrons. The molecule has 1 aromatic heterocycles. The molecule has 0 spiro atoms. The Morgan fingerprint density at radius 1 is 1.35 bits per heavy atom. The van der Waals surface area contributed by atoms with Crippen LogP contribution < -0.4 is 0 Å². The normalized spacial score (nSPS) is 10.2. The zero-order valence-corrected chi connectivity index (χ0v) is 10.1. The number of benzene rings is 1. The van der Waals surface area contributed by atoms with Crippen molar-refractivity contribution in [2.24, 2.45) is 0 Å². The highest BCUT2D eigenvalue weighted by Gasteiger charge is 2.12. The molecule has 0 unspecified atom stereocenters. The van der Waals surface area contributed by atoms with E-state index in [9.17, 15) is 0 Å². The van der Waals surface area contributed by atoms with Crippen LogP contribution in [-0.2, 0) is 6.42 Å². The maximum Gasteiger partial charge on any atom is 0.186 e. The third kappa shape index (κ3) is 2.29. The minimum absolute atomic E-state index is 0.391. The molecule has 0 atom stereocenters. The summed E-state index contributed by atoms with van der Waals surface area (Å²) in [6.07, 6.45) is 1.72. The highest BCUT2D eigenvalue weighted by molar-refractivity contribution is 6.30. The molecule has 0 N–H and O–H groups in total. The van der Waals surface area contributed by atoms with Gasteiger partial charge in [0.05, 0.1) is 11.4 Å². The molecular weight excluding hydrogens is 236 g/mol. The van der Waals surface area contributed by atoms with Crippen molar-refractivity contribution in [2.45, 2.75) is 19.8 Å². The Hall–Kier alpha value is -1.86. The summed E-state index contributed by atoms with van der Waals surface area (Å²) in [5, 5.41) is 17.5. The Balaban J connectivity index is 2.48. The van der Waals surface area contributed by atoms with Gasteiger partial charge in [0, 0.05) is 5.02 Å². The molecule has 2 rings (SSSR count). The first kappa shape index (κ1) is 11.6. The summed E-state index contributed by atoms with van der Waals surface area (Å²) in [7, 11) is 0. The van der Waals surface area contributed by atoms with Crippen LogP contribution in [0.25, 0.3) is 5.69 Å². The molecule has 0 saturated carbocycles. The van der Waals surface area contributed by atoms with Crippen LogP contribution in [0.15, 0.2) is 24.3 Å². The molecule has 0 saturated heterocycles. The molecule has 0 fully saturated rings. The number of rotatable bonds is 3. The van der Waals surface area contributed by atoms with Gasteiger partial charge in [0.2, 0.25) is 0 Å². The van der Waals surface area contributed by atoms with Crippen molar-refractivity contribution < 1.29 is 0 Å². The lowest BCUT2D eigenvalue weighted by atomic mass is 10.2. The average molecular weight is 247 g/mol. The number of nitrogens with zero attached hydrogens (tertiary/aromatic N) is 4. The van der Waals surface area contributed by atoms with Gasteiger partial charge in [-0.25, -0.2) is 4.68 Å². The van der Waals surface area contributed by atoms with Gasteiger partial charge in [0.15, 0.2) is 5.69 Å². The molecule has 17 heavy (non-hydrogen) atoms. The quantitative estimate of drug-likeness (QED) is 0.837. The smallest absolute Gasteiger partial charge is 0.186 e. The molecular formula is C12H11ClN4. The van der Waals surface area contributed by atoms with E-state index in [1.165, 1.54) is 0 Å². The van der Waals surface area contributed by atoms with Gasteiger partial charge >= 0.3 is 0 Å². The largest absolute Gasteiger partial charge is 0.216 e. The standard InChI is InChI=1S/C12H11ClN4/c1-2-3-12-11(8-14)15-16-17(12)10-6-4-9(13)5-7-10/h4-7H,2-3H2,1H3. The monoisotopic (exact) mass is 246 g/mol. The van der Waals surface area contributed by atoms with Crippen molar-refractivity contribution in [3.8, 4) is 11.8 Å². The van der Waals surface area contributed by atoms with Crippen molar-refractivity contribution in [2.75, 3.05) is 0 Å². The van der Waals surface area contributed by atoms with Gasteiger partial charge in [-0.05, 0) is 30.7 Å². The summed E-state index contributed by atoms with van der Waals surface area (Å²) in [6, 6.07) is 9.36. The first-order chi connectivity index (χ1) is 8.26. The van der Waals surface area contributed by atoms with Crippen LogP contribution >= 0.6 is 11.6 Å². The number of aromatic nitrogens is 3. The molecule has 1 aromatic carbocycles. The van der Waals surface area contributed by atoms with Gasteiger partial charge in [-0.1, -0.05) is 30.2 Å². The lowest BCUT2D eigenvalue weighted by molar-refractivity contribution is 0.745. The van der Waals surface area contributed by atoms with Crippen molar-refractivity contribution >= 4 is 11.6 Å². The topological polar surface area (TPSA) is 54.5 Å². The molecule has 0 amide bonds. The first-order valence-electron chi connectivity index (χ1n) is 5.37. The van der Waals surface area contributed by atoms with Crippen LogP contribution in [0.3, 0.4) is 0 Å². The second-order valence-corrected chi connectivity index (χ2v) is 4.07. The number of hydrogen-bond acceptors (Lipinski definition) is 3. The van der Waals surface area contributed by atoms with Crippen molar-refractivity contribution in [3.05, 3.63) is 40.7 Å². The van der Waals surface area contributed by atoms with E-state index in [2.05, 4.69) is 23.3 Å². The van der Waals surface area contributed by atoms with Crippen LogP contribution in [0.1, 0.15) is 24.7 Å². The average Bonchev–Trinajstić information content (AvgIpc) is 2.74. The molecule has 0 aliphatic carbocycles. The number of halogens is 1. The lowest BCUT2D eigenvalue weighted by Crippen LogP contribution is -2.02. The SMILES string of the molecule is CCCc1c(C#N)nnn1-c1ccc(Cl)cc1. The summed E-state index contributed by atoms with van der Waals surface area (Å²) >= 11 is 5.83. The third-order valence-corrected chi connectivity index (χ3v) is 2.68. The van der Waals surface area contributed by atoms with Gasteiger partial charge in [-0.15, -0.1) is 5.10 Å². The molecule has 86 valence electrons. The minimum Gasteiger partial charge on any atom is -0.216 e. The van der Waals surface area contributed by atoms with Crippen molar-refractivity contribution in [1.29, 1.82) is 5.26 Å². The fraction of sp³-hybridized carbons (Fsp3) is 0.250. The van der Waals surface area contributed by atoms with E-state index < -0.39 is 0 Å². The van der Waals surface area contributed by atoms with Crippen molar-refractivity contribution in [1.82, 2.24) is 15.0 Å². The van der Waals surface area contributed by atoms with E-state index in [0.717, 1.165) is 24.2 Å². The Morgan fingerprint density at radius 3 is 2.65 bits per heavy atom. The van der Waals surface area contributed by atoms with E-state index in [0.29, 0.717) is 10.7 Å². The molecule has 4 nitrogen and oxygen atoms in total. The summed E-state index contributed by atoms with van der Waals surface area (Å²) in [6.45, 7) is 2.06. The first-order valence-corrected chi connectivity index (χ1v) is 5.74. The molecule has 0 bridgehead atoms. The van der Waals surface area contributed by atoms with Gasteiger partial charge in [-0.2, -0.15) is 5.26 Å². The summed E-state index contributed by atoms with van der Waals surface area (Å²) in [4.78, 5) is 0. The van der Waals surface area contributed by atoms with Gasteiger partial charge < -0.3 is 0 Å². The fourth-order valence-corrected chi connectivity index (χ4v) is 1.77. The second kappa shape index (κ2) is 4.98. The Labute approximate surface area is 104 Å². The number of nitriles is 1. The fourth-order valence-electron chi connectivity index (χ4n) is 1.64. The van der Waals surface area contributed by atoms with Crippen molar-refractivity contribution in [3.63, 3.8) is 0 Å². The molecule has 0 aliphatic rings. The van der Waals surface area contributed by atoms with Crippen LogP contribution in [-0.4, -0.2) is 15.0 Å². The summed E-state index contributed by atoms with van der Waals surface area (Å²) in [5.41, 5.74) is 2.10. The minimum atomic E-state index is 0.391. The summed E-state index contributed by atoms with van der Waals surface area (Å²) in [5.74, 6) is 0. The Bertz CT molecular complexity index is 551. The lowest BCUT2D eigenvalue weighted by Gasteiger charge is -2.05. The highest BCUT2D eigenvalue weighted by Crippen LogP contribution is 2.16. The van der Waals surface area contributed by atoms with E-state index in [1.54, 1.807) is 16.8 Å². The van der Waals surface area contributed by atoms with Gasteiger partial charge in [-0.3, -0.25) is 0 Å². The van der Waals surface area contributed by atoms with Crippen LogP contribution in [0.2, 0.25) is 5.02 Å². The van der Waals surface area contributed by atoms with Gasteiger partial charge in [0.25, 0.3) is 0 Å². The predicted molar refractivity (Wildman–Crippen MR) is 65.1 cm³/mol. The highest BCUT2D eigenvalue weighted by atomic mass is 35.5. The third-order valence-electron chi connectivity index (χ3n) is 2.43. The van der Waals surface area contributed by atoms with E-state index in [-0.39, 0.29) is 0 Å². The maximum absolute atomic E-state index is 8.96. The van der Waals surface area contributed by atoms with Crippen LogP contribution in [0.5, 0.6) is 0 Å². The Morgan fingerprint density at radius 2 is 2.06 bits per heavy atom. The molecule has 5 heteroatoms. The summed E-state index contributed by atoms with van der Waals surface area (Å²) < 4.78 is 1.69. The van der Waals surface area contributed by atoms with E-state index in [1.807, 2.05) is 12.1 Å². The molecule has 0 aliphatic heterocycles.